The number of aromatic nitrogens is 2. The molecular weight excluding hydrogens is 452 g/mol. The molecule has 1 spiro atoms. The van der Waals surface area contributed by atoms with Crippen LogP contribution in [0.3, 0.4) is 0 Å². The number of thiophene rings is 1. The normalized spacial score (nSPS) is 19.1. The quantitative estimate of drug-likeness (QED) is 0.568. The van der Waals surface area contributed by atoms with E-state index in [-0.39, 0.29) is 11.3 Å². The minimum Gasteiger partial charge on any atom is -0.361 e. The van der Waals surface area contributed by atoms with Gasteiger partial charge in [-0.25, -0.2) is 8.42 Å². The first kappa shape index (κ1) is 21.4. The number of aryl methyl sites for hydroxylation is 2. The Morgan fingerprint density at radius 1 is 1.12 bits per heavy atom. The highest BCUT2D eigenvalue weighted by molar-refractivity contribution is 7.91. The van der Waals surface area contributed by atoms with E-state index in [2.05, 4.69) is 10.3 Å². The monoisotopic (exact) mass is 476 g/mol. The second kappa shape index (κ2) is 7.82. The van der Waals surface area contributed by atoms with Crippen LogP contribution in [0.25, 0.3) is 11.5 Å². The molecule has 0 atom stereocenters. The van der Waals surface area contributed by atoms with Crippen LogP contribution < -0.4 is 0 Å². The van der Waals surface area contributed by atoms with Crippen molar-refractivity contribution in [3.63, 3.8) is 0 Å². The Kier molecular flexibility index (Phi) is 5.22. The first-order valence-corrected chi connectivity index (χ1v) is 12.8. The van der Waals surface area contributed by atoms with Crippen molar-refractivity contribution in [3.05, 3.63) is 40.6 Å². The van der Waals surface area contributed by atoms with Crippen LogP contribution in [0.1, 0.15) is 41.1 Å². The van der Waals surface area contributed by atoms with Gasteiger partial charge in [0.05, 0.1) is 5.69 Å². The molecule has 1 amide bonds. The lowest BCUT2D eigenvalue weighted by Crippen LogP contribution is -2.44. The summed E-state index contributed by atoms with van der Waals surface area (Å²) in [5, 5.41) is 9.73. The fourth-order valence-corrected chi connectivity index (χ4v) is 7.27. The maximum atomic E-state index is 13.4. The van der Waals surface area contributed by atoms with E-state index in [0.717, 1.165) is 19.3 Å². The Bertz CT molecular complexity index is 1240. The van der Waals surface area contributed by atoms with E-state index in [4.69, 9.17) is 9.05 Å². The lowest BCUT2D eigenvalue weighted by Gasteiger charge is -2.38. The molecule has 0 radical (unpaired) electrons. The molecule has 0 saturated carbocycles. The van der Waals surface area contributed by atoms with Crippen molar-refractivity contribution in [2.24, 2.45) is 5.41 Å². The Balaban J connectivity index is 1.30. The van der Waals surface area contributed by atoms with Crippen LogP contribution in [0.15, 0.2) is 36.8 Å². The van der Waals surface area contributed by atoms with E-state index in [0.29, 0.717) is 58.9 Å². The lowest BCUT2D eigenvalue weighted by atomic mass is 9.78. The summed E-state index contributed by atoms with van der Waals surface area (Å²) >= 11 is 1.24. The van der Waals surface area contributed by atoms with Gasteiger partial charge in [0, 0.05) is 32.2 Å². The first-order valence-electron chi connectivity index (χ1n) is 10.5. The second-order valence-electron chi connectivity index (χ2n) is 8.61. The molecule has 2 saturated heterocycles. The van der Waals surface area contributed by atoms with Gasteiger partial charge in [-0.1, -0.05) is 16.4 Å². The zero-order valence-electron chi connectivity index (χ0n) is 17.9. The van der Waals surface area contributed by atoms with Gasteiger partial charge in [-0.3, -0.25) is 4.79 Å². The summed E-state index contributed by atoms with van der Waals surface area (Å²) in [4.78, 5) is 15.2. The number of nitrogens with zero attached hydrogens (tertiary/aromatic N) is 4. The minimum atomic E-state index is -3.44. The van der Waals surface area contributed by atoms with E-state index in [1.165, 1.54) is 11.3 Å². The molecule has 0 bridgehead atoms. The van der Waals surface area contributed by atoms with Crippen molar-refractivity contribution >= 4 is 27.3 Å². The maximum absolute atomic E-state index is 13.4. The van der Waals surface area contributed by atoms with Crippen molar-refractivity contribution in [1.29, 1.82) is 0 Å². The summed E-state index contributed by atoms with van der Waals surface area (Å²) in [5.74, 6) is 0.809. The fourth-order valence-electron chi connectivity index (χ4n) is 4.68. The van der Waals surface area contributed by atoms with Gasteiger partial charge in [0.1, 0.15) is 15.5 Å². The maximum Gasteiger partial charge on any atom is 0.259 e. The number of hydrogen-bond donors (Lipinski definition) is 0. The molecule has 0 unspecified atom stereocenters. The summed E-state index contributed by atoms with van der Waals surface area (Å²) in [6.45, 7) is 5.68. The van der Waals surface area contributed by atoms with Gasteiger partial charge in [0.15, 0.2) is 5.69 Å². The third-order valence-corrected chi connectivity index (χ3v) is 9.81. The largest absolute Gasteiger partial charge is 0.361 e. The average molecular weight is 477 g/mol. The summed E-state index contributed by atoms with van der Waals surface area (Å²) < 4.78 is 38.2. The topological polar surface area (TPSA) is 110 Å². The predicted molar refractivity (Wildman–Crippen MR) is 117 cm³/mol. The van der Waals surface area contributed by atoms with E-state index >= 15 is 0 Å². The molecule has 2 fully saturated rings. The molecule has 32 heavy (non-hydrogen) atoms. The lowest BCUT2D eigenvalue weighted by molar-refractivity contribution is 0.0750. The van der Waals surface area contributed by atoms with Gasteiger partial charge in [-0.2, -0.15) is 4.31 Å². The van der Waals surface area contributed by atoms with Crippen molar-refractivity contribution in [1.82, 2.24) is 19.5 Å². The van der Waals surface area contributed by atoms with Crippen LogP contribution in [0.2, 0.25) is 0 Å². The molecule has 5 rings (SSSR count). The standard InChI is InChI=1S/C21H24N4O5S2/c1-14-12-16(23-29-14)19-18(15(2)22-30-19)20(26)24-8-5-21(13-24)6-9-25(10-7-21)32(27,28)17-4-3-11-31-17/h3-4,11-12H,5-10,13H2,1-2H3. The van der Waals surface area contributed by atoms with Crippen LogP contribution >= 0.6 is 11.3 Å². The number of piperidine rings is 1. The van der Waals surface area contributed by atoms with Crippen LogP contribution in [0.5, 0.6) is 0 Å². The highest BCUT2D eigenvalue weighted by Gasteiger charge is 2.45. The molecule has 0 N–H and O–H groups in total. The van der Waals surface area contributed by atoms with E-state index in [1.807, 2.05) is 4.90 Å². The number of amides is 1. The molecule has 5 heterocycles. The molecule has 3 aromatic heterocycles. The predicted octanol–water partition coefficient (Wildman–Crippen LogP) is 3.32. The zero-order chi connectivity index (χ0) is 22.5. The third-order valence-electron chi connectivity index (χ3n) is 6.54. The highest BCUT2D eigenvalue weighted by atomic mass is 32.2. The Morgan fingerprint density at radius 2 is 1.88 bits per heavy atom. The van der Waals surface area contributed by atoms with Crippen molar-refractivity contribution in [2.75, 3.05) is 26.2 Å². The summed E-state index contributed by atoms with van der Waals surface area (Å²) in [7, 11) is -3.44. The summed E-state index contributed by atoms with van der Waals surface area (Å²) in [6.07, 6.45) is 2.33. The number of hydrogen-bond acceptors (Lipinski definition) is 8. The van der Waals surface area contributed by atoms with Gasteiger partial charge in [-0.05, 0) is 50.0 Å². The van der Waals surface area contributed by atoms with Gasteiger partial charge >= 0.3 is 0 Å². The molecule has 170 valence electrons. The molecule has 2 aliphatic heterocycles. The molecule has 2 aliphatic rings. The number of carbonyl (C=O) groups excluding carboxylic acids is 1. The van der Waals surface area contributed by atoms with Gasteiger partial charge in [0.25, 0.3) is 15.9 Å². The van der Waals surface area contributed by atoms with Crippen LogP contribution in [0.4, 0.5) is 0 Å². The van der Waals surface area contributed by atoms with E-state index < -0.39 is 10.0 Å². The van der Waals surface area contributed by atoms with Crippen LogP contribution in [0, 0.1) is 19.3 Å². The minimum absolute atomic E-state index is 0.0627. The Morgan fingerprint density at radius 3 is 2.53 bits per heavy atom. The number of carbonyl (C=O) groups is 1. The highest BCUT2D eigenvalue weighted by Crippen LogP contribution is 2.42. The average Bonchev–Trinajstić information content (AvgIpc) is 3.55. The van der Waals surface area contributed by atoms with Crippen molar-refractivity contribution < 1.29 is 22.3 Å². The van der Waals surface area contributed by atoms with Crippen molar-refractivity contribution in [3.8, 4) is 11.5 Å². The number of rotatable bonds is 4. The van der Waals surface area contributed by atoms with Gasteiger partial charge in [-0.15, -0.1) is 11.3 Å². The van der Waals surface area contributed by atoms with Gasteiger partial charge in [0.2, 0.25) is 5.76 Å². The van der Waals surface area contributed by atoms with Crippen molar-refractivity contribution in [2.45, 2.75) is 37.3 Å². The SMILES string of the molecule is Cc1cc(-c2onc(C)c2C(=O)N2CCC3(CCN(S(=O)(=O)c4cccs4)CC3)C2)no1. The Hall–Kier alpha value is -2.50. The second-order valence-corrected chi connectivity index (χ2v) is 11.7. The third kappa shape index (κ3) is 3.57. The van der Waals surface area contributed by atoms with E-state index in [1.54, 1.807) is 41.7 Å². The number of likely N-dealkylation sites (tertiary alicyclic amines) is 1. The van der Waals surface area contributed by atoms with E-state index in [9.17, 15) is 13.2 Å². The van der Waals surface area contributed by atoms with Crippen LogP contribution in [-0.4, -0.2) is 60.0 Å². The van der Waals surface area contributed by atoms with Crippen LogP contribution in [-0.2, 0) is 10.0 Å². The molecule has 3 aromatic rings. The summed E-state index contributed by atoms with van der Waals surface area (Å²) in [5.41, 5.74) is 1.32. The molecule has 9 nitrogen and oxygen atoms in total. The first-order chi connectivity index (χ1) is 15.3. The smallest absolute Gasteiger partial charge is 0.259 e. The van der Waals surface area contributed by atoms with Gasteiger partial charge < -0.3 is 13.9 Å². The number of sulfonamides is 1. The zero-order valence-corrected chi connectivity index (χ0v) is 19.5. The fraction of sp³-hybridized carbons (Fsp3) is 0.476. The Labute approximate surface area is 190 Å². The summed E-state index contributed by atoms with van der Waals surface area (Å²) in [6, 6.07) is 5.12. The molecule has 11 heteroatoms. The molecule has 0 aromatic carbocycles. The molecular formula is C21H24N4O5S2. The molecule has 0 aliphatic carbocycles.